The van der Waals surface area contributed by atoms with E-state index in [-0.39, 0.29) is 11.7 Å². The largest absolute Gasteiger partial charge is 0.481 e. The molecule has 2 rings (SSSR count). The van der Waals surface area contributed by atoms with Gasteiger partial charge in [-0.15, -0.1) is 11.8 Å². The van der Waals surface area contributed by atoms with Crippen LogP contribution in [0.5, 0.6) is 0 Å². The Morgan fingerprint density at radius 3 is 2.82 bits per heavy atom. The van der Waals surface area contributed by atoms with Gasteiger partial charge in [0, 0.05) is 23.2 Å². The normalized spacial score (nSPS) is 10.4. The van der Waals surface area contributed by atoms with Crippen molar-refractivity contribution in [3.63, 3.8) is 0 Å². The van der Waals surface area contributed by atoms with Crippen LogP contribution in [-0.4, -0.2) is 40.0 Å². The van der Waals surface area contributed by atoms with Crippen molar-refractivity contribution in [3.05, 3.63) is 40.2 Å². The average molecular weight is 336 g/mol. The number of carbonyl (C=O) groups is 2. The third-order valence-electron chi connectivity index (χ3n) is 2.90. The van der Waals surface area contributed by atoms with Gasteiger partial charge in [0.15, 0.2) is 0 Å². The molecule has 0 aliphatic rings. The summed E-state index contributed by atoms with van der Waals surface area (Å²) in [5.74, 6) is -0.415. The molecule has 7 heteroatoms. The van der Waals surface area contributed by atoms with Crippen molar-refractivity contribution in [2.45, 2.75) is 6.92 Å². The zero-order valence-electron chi connectivity index (χ0n) is 12.0. The predicted octanol–water partition coefficient (Wildman–Crippen LogP) is 2.67. The number of carboxylic acid groups (broad SMARTS) is 1. The number of carbonyl (C=O) groups excluding carboxylic acids is 1. The Balaban J connectivity index is 1.91. The maximum Gasteiger partial charge on any atom is 0.313 e. The average Bonchev–Trinajstić information content (AvgIpc) is 3.00. The van der Waals surface area contributed by atoms with Crippen LogP contribution in [0.3, 0.4) is 0 Å². The van der Waals surface area contributed by atoms with E-state index < -0.39 is 5.97 Å². The lowest BCUT2D eigenvalue weighted by atomic mass is 10.1. The second-order valence-corrected chi connectivity index (χ2v) is 6.43. The quantitative estimate of drug-likeness (QED) is 0.760. The van der Waals surface area contributed by atoms with Gasteiger partial charge in [0.1, 0.15) is 0 Å². The second-order valence-electron chi connectivity index (χ2n) is 4.54. The van der Waals surface area contributed by atoms with E-state index in [4.69, 9.17) is 5.11 Å². The number of aryl methyl sites for hydroxylation is 1. The van der Waals surface area contributed by atoms with Gasteiger partial charge < -0.3 is 10.4 Å². The number of aromatic nitrogens is 1. The van der Waals surface area contributed by atoms with Crippen molar-refractivity contribution in [3.8, 4) is 11.3 Å². The lowest BCUT2D eigenvalue weighted by Crippen LogP contribution is -2.27. The number of thioether (sulfide) groups is 1. The Hall–Kier alpha value is -1.86. The van der Waals surface area contributed by atoms with Gasteiger partial charge in [-0.2, -0.15) is 11.3 Å². The van der Waals surface area contributed by atoms with E-state index in [9.17, 15) is 9.59 Å². The highest BCUT2D eigenvalue weighted by Crippen LogP contribution is 2.21. The van der Waals surface area contributed by atoms with Crippen molar-refractivity contribution in [2.75, 3.05) is 18.1 Å². The number of carboxylic acids is 1. The summed E-state index contributed by atoms with van der Waals surface area (Å²) in [6.07, 6.45) is 0. The minimum atomic E-state index is -0.847. The molecule has 0 bridgehead atoms. The molecule has 116 valence electrons. The number of nitrogens with zero attached hydrogens (tertiary/aromatic N) is 1. The summed E-state index contributed by atoms with van der Waals surface area (Å²) in [6, 6.07) is 5.60. The number of rotatable bonds is 7. The molecule has 0 aliphatic carbocycles. The topological polar surface area (TPSA) is 79.3 Å². The molecule has 0 aliphatic heterocycles. The van der Waals surface area contributed by atoms with E-state index in [2.05, 4.69) is 10.3 Å². The number of hydrogen-bond donors (Lipinski definition) is 2. The number of thiophene rings is 1. The van der Waals surface area contributed by atoms with E-state index in [0.717, 1.165) is 11.3 Å². The number of hydrogen-bond acceptors (Lipinski definition) is 5. The van der Waals surface area contributed by atoms with Crippen LogP contribution in [0.4, 0.5) is 0 Å². The first-order valence-corrected chi connectivity index (χ1v) is 8.75. The molecule has 0 saturated heterocycles. The minimum absolute atomic E-state index is 0.0474. The van der Waals surface area contributed by atoms with Crippen LogP contribution < -0.4 is 5.32 Å². The molecule has 0 saturated carbocycles. The highest BCUT2D eigenvalue weighted by Gasteiger charge is 2.11. The van der Waals surface area contributed by atoms with Gasteiger partial charge in [-0.25, -0.2) is 0 Å². The Kier molecular flexibility index (Phi) is 5.97. The Bertz CT molecular complexity index is 657. The zero-order chi connectivity index (χ0) is 15.9. The maximum atomic E-state index is 12.1. The molecule has 0 unspecified atom stereocenters. The van der Waals surface area contributed by atoms with Gasteiger partial charge >= 0.3 is 5.97 Å². The molecule has 2 aromatic rings. The van der Waals surface area contributed by atoms with Crippen LogP contribution in [-0.2, 0) is 4.79 Å². The monoisotopic (exact) mass is 336 g/mol. The highest BCUT2D eigenvalue weighted by atomic mass is 32.2. The van der Waals surface area contributed by atoms with Crippen LogP contribution in [0.15, 0.2) is 29.0 Å². The van der Waals surface area contributed by atoms with Crippen LogP contribution in [0, 0.1) is 6.92 Å². The van der Waals surface area contributed by atoms with Crippen molar-refractivity contribution in [2.24, 2.45) is 0 Å². The third-order valence-corrected chi connectivity index (χ3v) is 4.53. The van der Waals surface area contributed by atoms with Crippen molar-refractivity contribution in [1.29, 1.82) is 0 Å². The van der Waals surface area contributed by atoms with Gasteiger partial charge in [-0.05, 0) is 30.5 Å². The molecule has 22 heavy (non-hydrogen) atoms. The van der Waals surface area contributed by atoms with E-state index >= 15 is 0 Å². The van der Waals surface area contributed by atoms with Crippen LogP contribution >= 0.6 is 23.1 Å². The van der Waals surface area contributed by atoms with Gasteiger partial charge in [0.05, 0.1) is 22.7 Å². The fourth-order valence-electron chi connectivity index (χ4n) is 1.86. The number of pyridine rings is 1. The summed E-state index contributed by atoms with van der Waals surface area (Å²) < 4.78 is 0. The van der Waals surface area contributed by atoms with E-state index in [1.54, 1.807) is 17.4 Å². The molecular formula is C15H16N2O3S2. The Morgan fingerprint density at radius 1 is 1.36 bits per heavy atom. The molecule has 0 aromatic carbocycles. The van der Waals surface area contributed by atoms with E-state index in [1.807, 2.05) is 29.8 Å². The molecule has 0 radical (unpaired) electrons. The second kappa shape index (κ2) is 7.95. The first kappa shape index (κ1) is 16.5. The summed E-state index contributed by atoms with van der Waals surface area (Å²) in [6.45, 7) is 2.24. The van der Waals surface area contributed by atoms with Crippen molar-refractivity contribution >= 4 is 35.0 Å². The van der Waals surface area contributed by atoms with Crippen molar-refractivity contribution in [1.82, 2.24) is 10.3 Å². The fourth-order valence-corrected chi connectivity index (χ4v) is 3.08. The standard InChI is InChI=1S/C15H16N2O3S2/c1-10-12(15(20)16-5-7-22-9-14(18)19)2-3-13(17-10)11-4-6-21-8-11/h2-4,6,8H,5,7,9H2,1H3,(H,16,20)(H,18,19). The SMILES string of the molecule is Cc1nc(-c2ccsc2)ccc1C(=O)NCCSCC(=O)O. The molecule has 2 heterocycles. The Labute approximate surface area is 136 Å². The van der Waals surface area contributed by atoms with Gasteiger partial charge in [0.25, 0.3) is 5.91 Å². The number of amides is 1. The molecule has 5 nitrogen and oxygen atoms in total. The van der Waals surface area contributed by atoms with Crippen LogP contribution in [0.2, 0.25) is 0 Å². The van der Waals surface area contributed by atoms with Crippen LogP contribution in [0.25, 0.3) is 11.3 Å². The molecule has 0 fully saturated rings. The summed E-state index contributed by atoms with van der Waals surface area (Å²) >= 11 is 2.88. The lowest BCUT2D eigenvalue weighted by Gasteiger charge is -2.08. The molecule has 2 aromatic heterocycles. The van der Waals surface area contributed by atoms with E-state index in [1.165, 1.54) is 11.8 Å². The lowest BCUT2D eigenvalue weighted by molar-refractivity contribution is -0.133. The maximum absolute atomic E-state index is 12.1. The third kappa shape index (κ3) is 4.57. The molecule has 1 amide bonds. The van der Waals surface area contributed by atoms with Crippen molar-refractivity contribution < 1.29 is 14.7 Å². The summed E-state index contributed by atoms with van der Waals surface area (Å²) in [5, 5.41) is 15.3. The first-order chi connectivity index (χ1) is 10.6. The summed E-state index contributed by atoms with van der Waals surface area (Å²) in [7, 11) is 0. The molecular weight excluding hydrogens is 320 g/mol. The Morgan fingerprint density at radius 2 is 2.18 bits per heavy atom. The highest BCUT2D eigenvalue weighted by molar-refractivity contribution is 7.99. The number of nitrogens with one attached hydrogen (secondary N) is 1. The fraction of sp³-hybridized carbons (Fsp3) is 0.267. The van der Waals surface area contributed by atoms with Gasteiger partial charge in [0.2, 0.25) is 0 Å². The van der Waals surface area contributed by atoms with Gasteiger partial charge in [-0.3, -0.25) is 14.6 Å². The van der Waals surface area contributed by atoms with E-state index in [0.29, 0.717) is 23.6 Å². The molecule has 2 N–H and O–H groups in total. The zero-order valence-corrected chi connectivity index (χ0v) is 13.7. The molecule has 0 spiro atoms. The summed E-state index contributed by atoms with van der Waals surface area (Å²) in [5.41, 5.74) is 3.12. The molecule has 0 atom stereocenters. The predicted molar refractivity (Wildman–Crippen MR) is 89.6 cm³/mol. The first-order valence-electron chi connectivity index (χ1n) is 6.66. The number of aliphatic carboxylic acids is 1. The van der Waals surface area contributed by atoms with Crippen LogP contribution in [0.1, 0.15) is 16.1 Å². The minimum Gasteiger partial charge on any atom is -0.481 e. The smallest absolute Gasteiger partial charge is 0.313 e. The van der Waals surface area contributed by atoms with Gasteiger partial charge in [-0.1, -0.05) is 0 Å². The summed E-state index contributed by atoms with van der Waals surface area (Å²) in [4.78, 5) is 26.9.